The number of anilines is 2. The Morgan fingerprint density at radius 3 is 2.74 bits per heavy atom. The molecule has 0 bridgehead atoms. The highest BCUT2D eigenvalue weighted by Gasteiger charge is 2.10. The van der Waals surface area contributed by atoms with E-state index in [0.29, 0.717) is 5.82 Å². The predicted molar refractivity (Wildman–Crippen MR) is 78.1 cm³/mol. The number of aromatic nitrogens is 1. The molecule has 2 rings (SSSR count). The van der Waals surface area contributed by atoms with E-state index in [1.165, 1.54) is 12.1 Å². The Kier molecular flexibility index (Phi) is 4.01. The van der Waals surface area contributed by atoms with Gasteiger partial charge in [0.1, 0.15) is 11.0 Å². The molecule has 0 spiro atoms. The van der Waals surface area contributed by atoms with E-state index < -0.39 is 4.92 Å². The molecule has 0 radical (unpaired) electrons. The number of nitrogens with zero attached hydrogens (tertiary/aromatic N) is 2. The van der Waals surface area contributed by atoms with Crippen LogP contribution in [0.5, 0.6) is 0 Å². The largest absolute Gasteiger partial charge is 0.340 e. The molecule has 19 heavy (non-hydrogen) atoms. The standard InChI is InChI=1S/C12H9BrClN3O2/c1-7-4-8(2-3-10(7)13)15-12-6-9(17(18)19)5-11(14)16-12/h2-6H,1H3,(H,15,16). The predicted octanol–water partition coefficient (Wildman–Crippen LogP) is 4.46. The summed E-state index contributed by atoms with van der Waals surface area (Å²) >= 11 is 9.16. The van der Waals surface area contributed by atoms with Gasteiger partial charge in [-0.2, -0.15) is 0 Å². The molecule has 0 saturated carbocycles. The van der Waals surface area contributed by atoms with Crippen molar-refractivity contribution >= 4 is 44.7 Å². The third kappa shape index (κ3) is 3.42. The molecule has 5 nitrogen and oxygen atoms in total. The van der Waals surface area contributed by atoms with Gasteiger partial charge in [0.2, 0.25) is 0 Å². The fourth-order valence-electron chi connectivity index (χ4n) is 1.52. The molecule has 0 amide bonds. The lowest BCUT2D eigenvalue weighted by atomic mass is 10.2. The van der Waals surface area contributed by atoms with Crippen molar-refractivity contribution in [3.05, 3.63) is 55.6 Å². The van der Waals surface area contributed by atoms with Crippen LogP contribution in [0.4, 0.5) is 17.2 Å². The summed E-state index contributed by atoms with van der Waals surface area (Å²) < 4.78 is 0.989. The maximum atomic E-state index is 10.7. The van der Waals surface area contributed by atoms with E-state index in [4.69, 9.17) is 11.6 Å². The average molecular weight is 343 g/mol. The van der Waals surface area contributed by atoms with E-state index in [1.807, 2.05) is 25.1 Å². The molecule has 0 unspecified atom stereocenters. The summed E-state index contributed by atoms with van der Waals surface area (Å²) in [6, 6.07) is 8.17. The minimum absolute atomic E-state index is 0.0746. The Balaban J connectivity index is 2.32. The van der Waals surface area contributed by atoms with E-state index in [-0.39, 0.29) is 10.8 Å². The van der Waals surface area contributed by atoms with Crippen molar-refractivity contribution in [1.82, 2.24) is 4.98 Å². The number of nitrogens with one attached hydrogen (secondary N) is 1. The molecule has 0 aliphatic carbocycles. The van der Waals surface area contributed by atoms with Crippen LogP contribution in [0.25, 0.3) is 0 Å². The van der Waals surface area contributed by atoms with Gasteiger partial charge in [0.15, 0.2) is 0 Å². The fraction of sp³-hybridized carbons (Fsp3) is 0.0833. The Labute approximate surface area is 122 Å². The van der Waals surface area contributed by atoms with Crippen LogP contribution in [0.1, 0.15) is 5.56 Å². The number of nitro groups is 1. The van der Waals surface area contributed by atoms with Crippen LogP contribution in [0.3, 0.4) is 0 Å². The van der Waals surface area contributed by atoms with Crippen LogP contribution in [0.15, 0.2) is 34.8 Å². The van der Waals surface area contributed by atoms with Crippen LogP contribution in [-0.4, -0.2) is 9.91 Å². The van der Waals surface area contributed by atoms with E-state index in [2.05, 4.69) is 26.2 Å². The Bertz CT molecular complexity index is 649. The number of hydrogen-bond donors (Lipinski definition) is 1. The maximum Gasteiger partial charge on any atom is 0.276 e. The molecular weight excluding hydrogens is 334 g/mol. The molecule has 7 heteroatoms. The third-order valence-corrected chi connectivity index (χ3v) is 3.50. The van der Waals surface area contributed by atoms with Crippen LogP contribution < -0.4 is 5.32 Å². The van der Waals surface area contributed by atoms with Gasteiger partial charge in [-0.3, -0.25) is 10.1 Å². The number of aryl methyl sites for hydroxylation is 1. The zero-order valence-corrected chi connectivity index (χ0v) is 12.2. The highest BCUT2D eigenvalue weighted by atomic mass is 79.9. The lowest BCUT2D eigenvalue weighted by molar-refractivity contribution is -0.384. The van der Waals surface area contributed by atoms with Crippen molar-refractivity contribution in [1.29, 1.82) is 0 Å². The Hall–Kier alpha value is -1.66. The topological polar surface area (TPSA) is 68.1 Å². The van der Waals surface area contributed by atoms with E-state index in [9.17, 15) is 10.1 Å². The zero-order valence-electron chi connectivity index (χ0n) is 9.85. The van der Waals surface area contributed by atoms with Gasteiger partial charge in [-0.15, -0.1) is 0 Å². The summed E-state index contributed by atoms with van der Waals surface area (Å²) in [6.45, 7) is 1.95. The summed E-state index contributed by atoms with van der Waals surface area (Å²) in [4.78, 5) is 14.2. The second-order valence-corrected chi connectivity index (χ2v) is 5.12. The lowest BCUT2D eigenvalue weighted by Gasteiger charge is -2.07. The highest BCUT2D eigenvalue weighted by molar-refractivity contribution is 9.10. The molecular formula is C12H9BrClN3O2. The Morgan fingerprint density at radius 2 is 2.11 bits per heavy atom. The molecule has 1 aromatic carbocycles. The maximum absolute atomic E-state index is 10.7. The number of halogens is 2. The van der Waals surface area contributed by atoms with Crippen molar-refractivity contribution in [2.24, 2.45) is 0 Å². The van der Waals surface area contributed by atoms with Gasteiger partial charge < -0.3 is 5.32 Å². The molecule has 0 aliphatic rings. The van der Waals surface area contributed by atoms with Crippen molar-refractivity contribution in [2.45, 2.75) is 6.92 Å². The smallest absolute Gasteiger partial charge is 0.276 e. The molecule has 0 aliphatic heterocycles. The van der Waals surface area contributed by atoms with Gasteiger partial charge in [-0.05, 0) is 30.7 Å². The molecule has 1 N–H and O–H groups in total. The SMILES string of the molecule is Cc1cc(Nc2cc([N+](=O)[O-])cc(Cl)n2)ccc1Br. The normalized spacial score (nSPS) is 10.3. The van der Waals surface area contributed by atoms with Gasteiger partial charge in [0, 0.05) is 10.2 Å². The van der Waals surface area contributed by atoms with Crippen molar-refractivity contribution < 1.29 is 4.92 Å². The highest BCUT2D eigenvalue weighted by Crippen LogP contribution is 2.25. The monoisotopic (exact) mass is 341 g/mol. The Morgan fingerprint density at radius 1 is 1.37 bits per heavy atom. The second-order valence-electron chi connectivity index (χ2n) is 3.88. The van der Waals surface area contributed by atoms with Crippen LogP contribution in [-0.2, 0) is 0 Å². The first kappa shape index (κ1) is 13.8. The van der Waals surface area contributed by atoms with E-state index in [1.54, 1.807) is 0 Å². The van der Waals surface area contributed by atoms with Gasteiger partial charge in [0.05, 0.1) is 17.1 Å². The molecule has 1 heterocycles. The first-order valence-electron chi connectivity index (χ1n) is 5.31. The first-order valence-corrected chi connectivity index (χ1v) is 6.48. The summed E-state index contributed by atoms with van der Waals surface area (Å²) in [5.74, 6) is 0.334. The minimum Gasteiger partial charge on any atom is -0.340 e. The lowest BCUT2D eigenvalue weighted by Crippen LogP contribution is -1.97. The summed E-state index contributed by atoms with van der Waals surface area (Å²) in [7, 11) is 0. The van der Waals surface area contributed by atoms with Gasteiger partial charge >= 0.3 is 0 Å². The molecule has 0 fully saturated rings. The molecule has 1 aromatic heterocycles. The fourth-order valence-corrected chi connectivity index (χ4v) is 1.97. The summed E-state index contributed by atoms with van der Waals surface area (Å²) in [6.07, 6.45) is 0. The summed E-state index contributed by atoms with van der Waals surface area (Å²) in [5.41, 5.74) is 1.72. The molecule has 0 saturated heterocycles. The number of hydrogen-bond acceptors (Lipinski definition) is 4. The number of pyridine rings is 1. The number of rotatable bonds is 3. The van der Waals surface area contributed by atoms with Crippen LogP contribution in [0.2, 0.25) is 5.15 Å². The van der Waals surface area contributed by atoms with Gasteiger partial charge in [-0.1, -0.05) is 27.5 Å². The van der Waals surface area contributed by atoms with Crippen LogP contribution >= 0.6 is 27.5 Å². The average Bonchev–Trinajstić information content (AvgIpc) is 2.33. The molecule has 0 atom stereocenters. The van der Waals surface area contributed by atoms with E-state index >= 15 is 0 Å². The minimum atomic E-state index is -0.508. The molecule has 98 valence electrons. The zero-order chi connectivity index (χ0) is 14.0. The van der Waals surface area contributed by atoms with Gasteiger partial charge in [0.25, 0.3) is 5.69 Å². The second kappa shape index (κ2) is 5.54. The van der Waals surface area contributed by atoms with Crippen molar-refractivity contribution in [3.8, 4) is 0 Å². The first-order chi connectivity index (χ1) is 8.95. The van der Waals surface area contributed by atoms with Crippen LogP contribution in [0, 0.1) is 17.0 Å². The van der Waals surface area contributed by atoms with Gasteiger partial charge in [-0.25, -0.2) is 4.98 Å². The van der Waals surface area contributed by atoms with Crippen molar-refractivity contribution in [3.63, 3.8) is 0 Å². The third-order valence-electron chi connectivity index (χ3n) is 2.42. The number of benzene rings is 1. The molecule has 2 aromatic rings. The van der Waals surface area contributed by atoms with E-state index in [0.717, 1.165) is 15.7 Å². The summed E-state index contributed by atoms with van der Waals surface area (Å²) in [5, 5.41) is 13.8. The quantitative estimate of drug-likeness (QED) is 0.508. The van der Waals surface area contributed by atoms with Crippen molar-refractivity contribution in [2.75, 3.05) is 5.32 Å².